The molecule has 1 unspecified atom stereocenters. The first-order valence-corrected chi connectivity index (χ1v) is 15.9. The van der Waals surface area contributed by atoms with Crippen LogP contribution in [0.3, 0.4) is 0 Å². The van der Waals surface area contributed by atoms with Crippen molar-refractivity contribution in [3.63, 3.8) is 0 Å². The lowest BCUT2D eigenvalue weighted by atomic mass is 10.2. The first kappa shape index (κ1) is 30.7. The van der Waals surface area contributed by atoms with Gasteiger partial charge in [-0.2, -0.15) is 9.55 Å². The quantitative estimate of drug-likeness (QED) is 0.139. The van der Waals surface area contributed by atoms with Crippen LogP contribution >= 0.6 is 19.4 Å². The summed E-state index contributed by atoms with van der Waals surface area (Å²) in [6.07, 6.45) is 8.27. The number of benzene rings is 2. The maximum Gasteiger partial charge on any atom is 0.440 e. The summed E-state index contributed by atoms with van der Waals surface area (Å²) in [5.41, 5.74) is 2.20. The van der Waals surface area contributed by atoms with Gasteiger partial charge < -0.3 is 14.6 Å². The van der Waals surface area contributed by atoms with E-state index in [1.54, 1.807) is 49.7 Å². The molecule has 5 aromatic rings. The summed E-state index contributed by atoms with van der Waals surface area (Å²) in [7, 11) is -1.34. The minimum Gasteiger partial charge on any atom is -0.468 e. The van der Waals surface area contributed by atoms with Crippen molar-refractivity contribution in [2.45, 2.75) is 22.8 Å². The van der Waals surface area contributed by atoms with Crippen molar-refractivity contribution in [1.82, 2.24) is 29.9 Å². The van der Waals surface area contributed by atoms with Crippen LogP contribution in [0.5, 0.6) is 5.75 Å². The number of amides is 1. The van der Waals surface area contributed by atoms with Gasteiger partial charge in [-0.15, -0.1) is 0 Å². The number of hydrogen-bond acceptors (Lipinski definition) is 9. The lowest BCUT2D eigenvalue weighted by Crippen LogP contribution is -2.36. The Morgan fingerprint density at radius 1 is 1.00 bits per heavy atom. The number of fused-ring (bicyclic) bond motifs is 1. The van der Waals surface area contributed by atoms with E-state index in [1.807, 2.05) is 48.5 Å². The number of hydrogen-bond donors (Lipinski definition) is 2. The minimum atomic E-state index is -4.17. The predicted molar refractivity (Wildman–Crippen MR) is 169 cm³/mol. The molecule has 2 N–H and O–H groups in total. The molecule has 224 valence electrons. The third-order valence-electron chi connectivity index (χ3n) is 6.39. The number of aromatic nitrogens is 4. The molecule has 11 nitrogen and oxygen atoms in total. The third-order valence-corrected chi connectivity index (χ3v) is 9.43. The fraction of sp³-hybridized carbons (Fsp3) is 0.129. The minimum absolute atomic E-state index is 0.211. The summed E-state index contributed by atoms with van der Waals surface area (Å²) in [5.74, 6) is -0.582. The molecule has 3 aromatic heterocycles. The summed E-state index contributed by atoms with van der Waals surface area (Å²) in [4.78, 5) is 34.8. The molecule has 13 heteroatoms. The van der Waals surface area contributed by atoms with E-state index in [0.717, 1.165) is 9.79 Å². The highest BCUT2D eigenvalue weighted by molar-refractivity contribution is 7.99. The van der Waals surface area contributed by atoms with Crippen LogP contribution < -0.4 is 14.9 Å². The van der Waals surface area contributed by atoms with E-state index in [1.165, 1.54) is 42.6 Å². The Bertz CT molecular complexity index is 1870. The highest BCUT2D eigenvalue weighted by Crippen LogP contribution is 2.48. The Morgan fingerprint density at radius 2 is 1.77 bits per heavy atom. The normalized spacial score (nSPS) is 13.3. The van der Waals surface area contributed by atoms with Crippen LogP contribution in [0.25, 0.3) is 23.1 Å². The van der Waals surface area contributed by atoms with Crippen molar-refractivity contribution < 1.29 is 23.4 Å². The number of ether oxygens (including phenoxy) is 1. The van der Waals surface area contributed by atoms with E-state index in [2.05, 4.69) is 20.4 Å². The fourth-order valence-electron chi connectivity index (χ4n) is 4.27. The van der Waals surface area contributed by atoms with Crippen LogP contribution in [0.2, 0.25) is 0 Å². The lowest BCUT2D eigenvalue weighted by Gasteiger charge is -2.23. The van der Waals surface area contributed by atoms with Gasteiger partial charge in [0, 0.05) is 40.8 Å². The van der Waals surface area contributed by atoms with Crippen LogP contribution in [-0.2, 0) is 14.1 Å². The molecule has 0 saturated heterocycles. The third kappa shape index (κ3) is 6.89. The zero-order valence-corrected chi connectivity index (χ0v) is 25.8. The van der Waals surface area contributed by atoms with Crippen LogP contribution in [0.1, 0.15) is 28.7 Å². The van der Waals surface area contributed by atoms with Crippen LogP contribution in [0, 0.1) is 0 Å². The predicted octanol–water partition coefficient (Wildman–Crippen LogP) is 5.69. The molecule has 2 aromatic carbocycles. The molecule has 5 rings (SSSR count). The van der Waals surface area contributed by atoms with E-state index in [-0.39, 0.29) is 11.7 Å². The van der Waals surface area contributed by atoms with Crippen LogP contribution in [0.4, 0.5) is 0 Å². The maximum absolute atomic E-state index is 14.8. The van der Waals surface area contributed by atoms with Gasteiger partial charge in [-0.25, -0.2) is 9.65 Å². The Kier molecular flexibility index (Phi) is 9.54. The molecule has 0 saturated carbocycles. The van der Waals surface area contributed by atoms with Crippen molar-refractivity contribution >= 4 is 54.4 Å². The molecule has 0 aliphatic heterocycles. The van der Waals surface area contributed by atoms with Gasteiger partial charge in [0.2, 0.25) is 0 Å². The van der Waals surface area contributed by atoms with Crippen molar-refractivity contribution in [3.8, 4) is 5.75 Å². The number of nitrogens with zero attached hydrogens (tertiary/aromatic N) is 4. The molecule has 2 atom stereocenters. The molecule has 3 heterocycles. The molecule has 0 radical (unpaired) electrons. The van der Waals surface area contributed by atoms with Gasteiger partial charge in [0.05, 0.1) is 29.6 Å². The number of rotatable bonds is 11. The SMILES string of the molecule is CNC(=O)c1ccccc1Sc1ccc2c(/C=C/c3ccccn3)nn(P(=O)(N[C@@H](C)C(=O)OC)Oc3ccncc3)c2c1. The zero-order valence-electron chi connectivity index (χ0n) is 24.1. The second-order valence-corrected chi connectivity index (χ2v) is 12.4. The largest absolute Gasteiger partial charge is 0.468 e. The highest BCUT2D eigenvalue weighted by atomic mass is 32.2. The molecular formula is C31H29N6O5PS. The molecular weight excluding hydrogens is 599 g/mol. The molecule has 0 spiro atoms. The van der Waals surface area contributed by atoms with Crippen molar-refractivity contribution in [2.24, 2.45) is 0 Å². The monoisotopic (exact) mass is 628 g/mol. The van der Waals surface area contributed by atoms with Gasteiger partial charge in [-0.3, -0.25) is 19.6 Å². The highest BCUT2D eigenvalue weighted by Gasteiger charge is 2.35. The molecule has 44 heavy (non-hydrogen) atoms. The summed E-state index contributed by atoms with van der Waals surface area (Å²) in [6, 6.07) is 20.5. The second-order valence-electron chi connectivity index (χ2n) is 9.39. The van der Waals surface area contributed by atoms with Crippen LogP contribution in [-0.4, -0.2) is 51.6 Å². The average molecular weight is 629 g/mol. The molecule has 0 bridgehead atoms. The van der Waals surface area contributed by atoms with Crippen molar-refractivity contribution in [2.75, 3.05) is 14.2 Å². The molecule has 0 aliphatic rings. The number of methoxy groups -OCH3 is 1. The lowest BCUT2D eigenvalue weighted by molar-refractivity contribution is -0.142. The maximum atomic E-state index is 14.8. The van der Waals surface area contributed by atoms with E-state index < -0.39 is 19.7 Å². The van der Waals surface area contributed by atoms with Crippen molar-refractivity contribution in [3.05, 3.63) is 108 Å². The molecule has 0 fully saturated rings. The van der Waals surface area contributed by atoms with E-state index in [4.69, 9.17) is 14.4 Å². The second kappa shape index (κ2) is 13.7. The van der Waals surface area contributed by atoms with Gasteiger partial charge in [0.1, 0.15) is 11.8 Å². The number of pyridine rings is 2. The number of carbonyl (C=O) groups excluding carboxylic acids is 2. The number of nitrogens with one attached hydrogen (secondary N) is 2. The zero-order chi connectivity index (χ0) is 31.1. The smallest absolute Gasteiger partial charge is 0.440 e. The van der Waals surface area contributed by atoms with Gasteiger partial charge in [-0.05, 0) is 73.7 Å². The van der Waals surface area contributed by atoms with E-state index in [9.17, 15) is 14.2 Å². The number of carbonyl (C=O) groups is 2. The van der Waals surface area contributed by atoms with Gasteiger partial charge in [-0.1, -0.05) is 30.0 Å². The summed E-state index contributed by atoms with van der Waals surface area (Å²) < 4.78 is 27.0. The summed E-state index contributed by atoms with van der Waals surface area (Å²) in [5, 5.41) is 10.9. The standard InChI is InChI=1S/C31H29N6O5PS/c1-21(31(39)41-3)36-43(40,42-23-15-18-33-19-16-23)37-28-20-24(44-29-10-5-4-9-26(29)30(38)32-2)12-13-25(28)27(35-37)14-11-22-8-6-7-17-34-22/h4-21H,1-3H3,(H,32,38)(H,36,40)/b14-11+/t21-,43?/m0/s1. The number of esters is 1. The Balaban J connectivity index is 1.66. The topological polar surface area (TPSA) is 137 Å². The first-order chi connectivity index (χ1) is 21.3. The molecule has 1 amide bonds. The van der Waals surface area contributed by atoms with Gasteiger partial charge in [0.15, 0.2) is 0 Å². The van der Waals surface area contributed by atoms with Crippen LogP contribution in [0.15, 0.2) is 101 Å². The fourth-order valence-corrected chi connectivity index (χ4v) is 7.15. The van der Waals surface area contributed by atoms with Gasteiger partial charge >= 0.3 is 13.6 Å². The van der Waals surface area contributed by atoms with Gasteiger partial charge in [0.25, 0.3) is 5.91 Å². The van der Waals surface area contributed by atoms with Crippen molar-refractivity contribution in [1.29, 1.82) is 0 Å². The Morgan fingerprint density at radius 3 is 2.50 bits per heavy atom. The molecule has 0 aliphatic carbocycles. The average Bonchev–Trinajstić information content (AvgIpc) is 3.42. The summed E-state index contributed by atoms with van der Waals surface area (Å²) in [6.45, 7) is 1.53. The van der Waals surface area contributed by atoms with E-state index >= 15 is 0 Å². The summed E-state index contributed by atoms with van der Waals surface area (Å²) >= 11 is 1.37. The van der Waals surface area contributed by atoms with E-state index in [0.29, 0.717) is 27.9 Å². The Hall–Kier alpha value is -4.77. The Labute approximate surface area is 258 Å². The first-order valence-electron chi connectivity index (χ1n) is 13.5.